The summed E-state index contributed by atoms with van der Waals surface area (Å²) in [7, 11) is 0. The van der Waals surface area contributed by atoms with Crippen LogP contribution in [0.4, 0.5) is 10.1 Å². The maximum Gasteiger partial charge on any atom is 0.247 e. The first-order valence-electron chi connectivity index (χ1n) is 10.4. The molecule has 4 rings (SSSR count). The second kappa shape index (κ2) is 9.36. The van der Waals surface area contributed by atoms with Crippen LogP contribution in [0.1, 0.15) is 17.0 Å². The average Bonchev–Trinajstić information content (AvgIpc) is 3.21. The van der Waals surface area contributed by atoms with Gasteiger partial charge >= 0.3 is 0 Å². The van der Waals surface area contributed by atoms with E-state index in [4.69, 9.17) is 4.42 Å². The summed E-state index contributed by atoms with van der Waals surface area (Å²) in [5.41, 5.74) is 3.73. The first kappa shape index (κ1) is 21.1. The number of anilines is 1. The number of carbonyl (C=O) groups is 1. The van der Waals surface area contributed by atoms with E-state index in [1.807, 2.05) is 32.0 Å². The molecule has 0 spiro atoms. The van der Waals surface area contributed by atoms with E-state index < -0.39 is 0 Å². The van der Waals surface area contributed by atoms with E-state index in [0.29, 0.717) is 30.4 Å². The number of rotatable bonds is 6. The van der Waals surface area contributed by atoms with Crippen molar-refractivity contribution < 1.29 is 13.6 Å². The summed E-state index contributed by atoms with van der Waals surface area (Å²) < 4.78 is 18.8. The van der Waals surface area contributed by atoms with E-state index in [9.17, 15) is 9.18 Å². The fourth-order valence-electron chi connectivity index (χ4n) is 3.72. The van der Waals surface area contributed by atoms with Crippen LogP contribution in [0.2, 0.25) is 0 Å². The standard InChI is InChI=1S/C23H26FN5O2/c1-16-4-3-5-17(2)22(16)25-20(30)14-28-10-12-29(13-11-28)15-21-26-27-23(31-21)18-6-8-19(24)9-7-18/h3-9H,10-15H2,1-2H3,(H,25,30). The van der Waals surface area contributed by atoms with Crippen LogP contribution in [0.5, 0.6) is 0 Å². The third-order valence-electron chi connectivity index (χ3n) is 5.49. The minimum absolute atomic E-state index is 0.00620. The number of nitrogens with zero attached hydrogens (tertiary/aromatic N) is 4. The lowest BCUT2D eigenvalue weighted by Gasteiger charge is -2.33. The van der Waals surface area contributed by atoms with E-state index in [-0.39, 0.29) is 11.7 Å². The molecule has 2 aromatic carbocycles. The molecular formula is C23H26FN5O2. The van der Waals surface area contributed by atoms with E-state index in [0.717, 1.165) is 43.0 Å². The molecule has 3 aromatic rings. The van der Waals surface area contributed by atoms with Crippen LogP contribution in [0.25, 0.3) is 11.5 Å². The topological polar surface area (TPSA) is 74.5 Å². The lowest BCUT2D eigenvalue weighted by molar-refractivity contribution is -0.117. The van der Waals surface area contributed by atoms with Gasteiger partial charge in [-0.25, -0.2) is 4.39 Å². The number of piperazine rings is 1. The Bertz CT molecular complexity index is 1020. The fourth-order valence-corrected chi connectivity index (χ4v) is 3.72. The molecule has 8 heteroatoms. The van der Waals surface area contributed by atoms with E-state index in [1.165, 1.54) is 12.1 Å². The van der Waals surface area contributed by atoms with Crippen molar-refractivity contribution in [1.29, 1.82) is 0 Å². The third kappa shape index (κ3) is 5.34. The van der Waals surface area contributed by atoms with Crippen LogP contribution < -0.4 is 5.32 Å². The van der Waals surface area contributed by atoms with Crippen LogP contribution in [-0.2, 0) is 11.3 Å². The first-order valence-corrected chi connectivity index (χ1v) is 10.4. The second-order valence-corrected chi connectivity index (χ2v) is 7.88. The van der Waals surface area contributed by atoms with Gasteiger partial charge in [0.15, 0.2) is 0 Å². The van der Waals surface area contributed by atoms with Crippen LogP contribution in [0, 0.1) is 19.7 Å². The molecule has 0 unspecified atom stereocenters. The summed E-state index contributed by atoms with van der Waals surface area (Å²) in [6.07, 6.45) is 0. The molecule has 1 fully saturated rings. The molecule has 0 atom stereocenters. The summed E-state index contributed by atoms with van der Waals surface area (Å²) in [6, 6.07) is 12.0. The van der Waals surface area contributed by atoms with Crippen molar-refractivity contribution >= 4 is 11.6 Å². The lowest BCUT2D eigenvalue weighted by atomic mass is 10.1. The molecule has 0 saturated carbocycles. The van der Waals surface area contributed by atoms with Gasteiger partial charge in [0.05, 0.1) is 13.1 Å². The summed E-state index contributed by atoms with van der Waals surface area (Å²) in [4.78, 5) is 16.9. The van der Waals surface area contributed by atoms with Gasteiger partial charge in [-0.1, -0.05) is 18.2 Å². The quantitative estimate of drug-likeness (QED) is 0.656. The van der Waals surface area contributed by atoms with Gasteiger partial charge in [-0.15, -0.1) is 10.2 Å². The van der Waals surface area contributed by atoms with Crippen molar-refractivity contribution in [1.82, 2.24) is 20.0 Å². The summed E-state index contributed by atoms with van der Waals surface area (Å²) in [5.74, 6) is 0.619. The summed E-state index contributed by atoms with van der Waals surface area (Å²) >= 11 is 0. The summed E-state index contributed by atoms with van der Waals surface area (Å²) in [6.45, 7) is 8.13. The molecule has 1 aliphatic heterocycles. The SMILES string of the molecule is Cc1cccc(C)c1NC(=O)CN1CCN(Cc2nnc(-c3ccc(F)cc3)o2)CC1. The van der Waals surface area contributed by atoms with Gasteiger partial charge in [0.1, 0.15) is 5.82 Å². The van der Waals surface area contributed by atoms with Crippen molar-refractivity contribution in [2.75, 3.05) is 38.0 Å². The van der Waals surface area contributed by atoms with Crippen LogP contribution >= 0.6 is 0 Å². The van der Waals surface area contributed by atoms with Crippen LogP contribution in [0.15, 0.2) is 46.9 Å². The van der Waals surface area contributed by atoms with Crippen LogP contribution in [-0.4, -0.2) is 58.6 Å². The Balaban J connectivity index is 1.25. The van der Waals surface area contributed by atoms with Gasteiger partial charge in [-0.2, -0.15) is 0 Å². The first-order chi connectivity index (χ1) is 15.0. The second-order valence-electron chi connectivity index (χ2n) is 7.88. The molecule has 0 radical (unpaired) electrons. The van der Waals surface area contributed by atoms with Gasteiger partial charge in [0, 0.05) is 37.4 Å². The number of carbonyl (C=O) groups excluding carboxylic acids is 1. The predicted octanol–water partition coefficient (Wildman–Crippen LogP) is 3.25. The summed E-state index contributed by atoms with van der Waals surface area (Å²) in [5, 5.41) is 11.2. The van der Waals surface area contributed by atoms with E-state index >= 15 is 0 Å². The highest BCUT2D eigenvalue weighted by atomic mass is 19.1. The van der Waals surface area contributed by atoms with Gasteiger partial charge in [-0.05, 0) is 49.2 Å². The molecule has 1 aliphatic rings. The lowest BCUT2D eigenvalue weighted by Crippen LogP contribution is -2.48. The van der Waals surface area contributed by atoms with Crippen molar-refractivity contribution in [3.63, 3.8) is 0 Å². The minimum Gasteiger partial charge on any atom is -0.419 e. The molecular weight excluding hydrogens is 397 g/mol. The van der Waals surface area contributed by atoms with Crippen molar-refractivity contribution in [2.45, 2.75) is 20.4 Å². The number of nitrogens with one attached hydrogen (secondary N) is 1. The molecule has 2 heterocycles. The maximum absolute atomic E-state index is 13.1. The normalized spacial score (nSPS) is 15.2. The zero-order valence-corrected chi connectivity index (χ0v) is 17.8. The van der Waals surface area contributed by atoms with E-state index in [1.54, 1.807) is 12.1 Å². The molecule has 0 aliphatic carbocycles. The zero-order chi connectivity index (χ0) is 21.8. The number of benzene rings is 2. The Morgan fingerprint density at radius 1 is 1.00 bits per heavy atom. The highest BCUT2D eigenvalue weighted by Gasteiger charge is 2.21. The maximum atomic E-state index is 13.1. The minimum atomic E-state index is -0.302. The average molecular weight is 423 g/mol. The monoisotopic (exact) mass is 423 g/mol. The molecule has 0 bridgehead atoms. The number of para-hydroxylation sites is 1. The highest BCUT2D eigenvalue weighted by Crippen LogP contribution is 2.20. The van der Waals surface area contributed by atoms with Crippen LogP contribution in [0.3, 0.4) is 0 Å². The number of halogens is 1. The molecule has 1 saturated heterocycles. The Labute approximate surface area is 180 Å². The highest BCUT2D eigenvalue weighted by molar-refractivity contribution is 5.93. The smallest absolute Gasteiger partial charge is 0.247 e. The fraction of sp³-hybridized carbons (Fsp3) is 0.348. The van der Waals surface area contributed by atoms with Crippen molar-refractivity contribution in [3.8, 4) is 11.5 Å². The molecule has 1 aromatic heterocycles. The van der Waals surface area contributed by atoms with Crippen molar-refractivity contribution in [3.05, 3.63) is 65.3 Å². The third-order valence-corrected chi connectivity index (χ3v) is 5.49. The molecule has 162 valence electrons. The zero-order valence-electron chi connectivity index (χ0n) is 17.8. The Morgan fingerprint density at radius 2 is 1.65 bits per heavy atom. The number of aryl methyl sites for hydroxylation is 2. The number of amides is 1. The molecule has 31 heavy (non-hydrogen) atoms. The van der Waals surface area contributed by atoms with Crippen molar-refractivity contribution in [2.24, 2.45) is 0 Å². The molecule has 7 nitrogen and oxygen atoms in total. The Hall–Kier alpha value is -3.10. The number of hydrogen-bond donors (Lipinski definition) is 1. The number of aromatic nitrogens is 2. The molecule has 1 N–H and O–H groups in total. The van der Waals surface area contributed by atoms with Gasteiger partial charge in [0.25, 0.3) is 0 Å². The van der Waals surface area contributed by atoms with E-state index in [2.05, 4.69) is 25.3 Å². The number of hydrogen-bond acceptors (Lipinski definition) is 6. The van der Waals surface area contributed by atoms with Gasteiger partial charge in [0.2, 0.25) is 17.7 Å². The largest absolute Gasteiger partial charge is 0.419 e. The predicted molar refractivity (Wildman–Crippen MR) is 116 cm³/mol. The Morgan fingerprint density at radius 3 is 2.32 bits per heavy atom. The van der Waals surface area contributed by atoms with Gasteiger partial charge in [-0.3, -0.25) is 14.6 Å². The Kier molecular flexibility index (Phi) is 6.39. The van der Waals surface area contributed by atoms with Gasteiger partial charge < -0.3 is 9.73 Å². The molecule has 1 amide bonds.